The minimum Gasteiger partial charge on any atom is -0.467 e. The van der Waals surface area contributed by atoms with Crippen LogP contribution in [0.2, 0.25) is 0 Å². The van der Waals surface area contributed by atoms with Gasteiger partial charge in [0.1, 0.15) is 11.8 Å². The van der Waals surface area contributed by atoms with E-state index in [4.69, 9.17) is 14.7 Å². The van der Waals surface area contributed by atoms with Gasteiger partial charge in [0.15, 0.2) is 5.60 Å². The minimum atomic E-state index is -2.17. The highest BCUT2D eigenvalue weighted by molar-refractivity contribution is 5.81. The highest BCUT2D eigenvalue weighted by Crippen LogP contribution is 2.35. The normalized spacial score (nSPS) is 13.8. The van der Waals surface area contributed by atoms with Crippen molar-refractivity contribution in [1.29, 1.82) is 0 Å². The number of rotatable bonds is 7. The Balaban J connectivity index is 1.99. The quantitative estimate of drug-likeness (QED) is 0.290. The SMILES string of the molecule is COC(=O)C(O)(Cc1cnc(-c2ccccc2)o1)C(N=[N+]=[N-])c1ccccc1. The van der Waals surface area contributed by atoms with Gasteiger partial charge in [-0.25, -0.2) is 9.78 Å². The topological polar surface area (TPSA) is 121 Å². The Morgan fingerprint density at radius 2 is 1.89 bits per heavy atom. The molecule has 8 heteroatoms. The molecule has 1 N–H and O–H groups in total. The number of azide groups is 1. The zero-order valence-electron chi connectivity index (χ0n) is 15.1. The van der Waals surface area contributed by atoms with Crippen LogP contribution in [-0.4, -0.2) is 28.8 Å². The van der Waals surface area contributed by atoms with E-state index < -0.39 is 17.6 Å². The van der Waals surface area contributed by atoms with Crippen LogP contribution >= 0.6 is 0 Å². The summed E-state index contributed by atoms with van der Waals surface area (Å²) in [5, 5.41) is 14.9. The third-order valence-electron chi connectivity index (χ3n) is 4.29. The molecule has 2 unspecified atom stereocenters. The number of carbonyl (C=O) groups excluding carboxylic acids is 1. The number of oxazole rings is 1. The van der Waals surface area contributed by atoms with Gasteiger partial charge in [-0.3, -0.25) is 0 Å². The van der Waals surface area contributed by atoms with Crippen molar-refractivity contribution in [2.75, 3.05) is 7.11 Å². The van der Waals surface area contributed by atoms with Gasteiger partial charge in [0, 0.05) is 16.9 Å². The zero-order chi connectivity index (χ0) is 20.0. The molecule has 2 atom stereocenters. The molecule has 0 aliphatic rings. The average molecular weight is 378 g/mol. The van der Waals surface area contributed by atoms with Gasteiger partial charge < -0.3 is 14.3 Å². The molecule has 3 aromatic rings. The maximum Gasteiger partial charge on any atom is 0.339 e. The molecule has 0 saturated carbocycles. The van der Waals surface area contributed by atoms with E-state index >= 15 is 0 Å². The summed E-state index contributed by atoms with van der Waals surface area (Å²) in [5.41, 5.74) is 8.05. The van der Waals surface area contributed by atoms with Gasteiger partial charge in [-0.2, -0.15) is 0 Å². The van der Waals surface area contributed by atoms with Crippen LogP contribution < -0.4 is 0 Å². The molecule has 0 saturated heterocycles. The van der Waals surface area contributed by atoms with E-state index in [-0.39, 0.29) is 12.2 Å². The molecule has 142 valence electrons. The molecular weight excluding hydrogens is 360 g/mol. The van der Waals surface area contributed by atoms with Crippen LogP contribution in [0.4, 0.5) is 0 Å². The fourth-order valence-electron chi connectivity index (χ4n) is 2.95. The van der Waals surface area contributed by atoms with E-state index in [0.717, 1.165) is 12.7 Å². The molecule has 0 fully saturated rings. The van der Waals surface area contributed by atoms with E-state index in [1.807, 2.05) is 30.3 Å². The van der Waals surface area contributed by atoms with Crippen molar-refractivity contribution in [3.05, 3.63) is 88.6 Å². The molecule has 1 aromatic heterocycles. The number of hydrogen-bond donors (Lipinski definition) is 1. The Labute approximate surface area is 161 Å². The molecule has 2 aromatic carbocycles. The predicted molar refractivity (Wildman–Crippen MR) is 101 cm³/mol. The molecule has 8 nitrogen and oxygen atoms in total. The number of methoxy groups -OCH3 is 1. The van der Waals surface area contributed by atoms with Gasteiger partial charge in [0.05, 0.1) is 13.3 Å². The molecule has 3 rings (SSSR count). The van der Waals surface area contributed by atoms with Gasteiger partial charge in [-0.05, 0) is 23.2 Å². The summed E-state index contributed by atoms with van der Waals surface area (Å²) in [4.78, 5) is 19.5. The number of hydrogen-bond acceptors (Lipinski definition) is 6. The van der Waals surface area contributed by atoms with Crippen LogP contribution in [0.25, 0.3) is 21.9 Å². The first-order valence-corrected chi connectivity index (χ1v) is 8.48. The first-order chi connectivity index (χ1) is 13.6. The van der Waals surface area contributed by atoms with Gasteiger partial charge in [0.25, 0.3) is 0 Å². The number of aliphatic hydroxyl groups is 1. The molecule has 28 heavy (non-hydrogen) atoms. The summed E-state index contributed by atoms with van der Waals surface area (Å²) < 4.78 is 10.5. The summed E-state index contributed by atoms with van der Waals surface area (Å²) >= 11 is 0. The second-order valence-electron chi connectivity index (χ2n) is 6.11. The molecule has 0 radical (unpaired) electrons. The van der Waals surface area contributed by atoms with Gasteiger partial charge >= 0.3 is 5.97 Å². The molecule has 0 amide bonds. The highest BCUT2D eigenvalue weighted by Gasteiger charge is 2.46. The van der Waals surface area contributed by atoms with Crippen LogP contribution in [-0.2, 0) is 16.0 Å². The van der Waals surface area contributed by atoms with Crippen LogP contribution in [0.5, 0.6) is 0 Å². The number of ether oxygens (including phenoxy) is 1. The lowest BCUT2D eigenvalue weighted by atomic mass is 9.85. The Morgan fingerprint density at radius 3 is 2.50 bits per heavy atom. The number of nitrogens with zero attached hydrogens (tertiary/aromatic N) is 4. The lowest BCUT2D eigenvalue weighted by Crippen LogP contribution is -2.46. The van der Waals surface area contributed by atoms with E-state index in [1.54, 1.807) is 30.3 Å². The van der Waals surface area contributed by atoms with E-state index in [2.05, 4.69) is 15.0 Å². The minimum absolute atomic E-state index is 0.251. The van der Waals surface area contributed by atoms with Crippen LogP contribution in [0.3, 0.4) is 0 Å². The molecule has 1 heterocycles. The summed E-state index contributed by atoms with van der Waals surface area (Å²) in [5.74, 6) is -0.338. The lowest BCUT2D eigenvalue weighted by molar-refractivity contribution is -0.165. The Kier molecular flexibility index (Phi) is 5.74. The van der Waals surface area contributed by atoms with Crippen LogP contribution in [0, 0.1) is 0 Å². The smallest absolute Gasteiger partial charge is 0.339 e. The fraction of sp³-hybridized carbons (Fsp3) is 0.200. The van der Waals surface area contributed by atoms with Crippen molar-refractivity contribution in [3.63, 3.8) is 0 Å². The maximum atomic E-state index is 12.5. The van der Waals surface area contributed by atoms with Gasteiger partial charge in [-0.15, -0.1) is 0 Å². The van der Waals surface area contributed by atoms with E-state index in [0.29, 0.717) is 11.5 Å². The Hall–Kier alpha value is -3.61. The van der Waals surface area contributed by atoms with E-state index in [1.165, 1.54) is 6.20 Å². The fourth-order valence-corrected chi connectivity index (χ4v) is 2.95. The molecular formula is C20H18N4O4. The monoisotopic (exact) mass is 378 g/mol. The van der Waals surface area contributed by atoms with Crippen molar-refractivity contribution in [1.82, 2.24) is 4.98 Å². The Morgan fingerprint density at radius 1 is 1.25 bits per heavy atom. The molecule has 0 aliphatic carbocycles. The standard InChI is InChI=1S/C20H18N4O4/c1-27-19(25)20(26,17(23-24-21)14-8-4-2-5-9-14)12-16-13-22-18(28-16)15-10-6-3-7-11-15/h2-11,13,17,26H,12H2,1H3. The van der Waals surface area contributed by atoms with Crippen molar-refractivity contribution in [2.45, 2.75) is 18.1 Å². The second kappa shape index (κ2) is 8.39. The first kappa shape index (κ1) is 19.2. The van der Waals surface area contributed by atoms with Gasteiger partial charge in [-0.1, -0.05) is 53.6 Å². The molecule has 0 aliphatic heterocycles. The third kappa shape index (κ3) is 3.88. The molecule has 0 bridgehead atoms. The zero-order valence-corrected chi connectivity index (χ0v) is 15.1. The third-order valence-corrected chi connectivity index (χ3v) is 4.29. The second-order valence-corrected chi connectivity index (χ2v) is 6.11. The summed E-state index contributed by atoms with van der Waals surface area (Å²) in [6.45, 7) is 0. The predicted octanol–water partition coefficient (Wildman–Crippen LogP) is 3.84. The summed E-state index contributed by atoms with van der Waals surface area (Å²) in [6.07, 6.45) is 1.15. The van der Waals surface area contributed by atoms with Crippen molar-refractivity contribution >= 4 is 5.97 Å². The summed E-state index contributed by atoms with van der Waals surface area (Å²) in [6, 6.07) is 16.5. The van der Waals surface area contributed by atoms with E-state index in [9.17, 15) is 9.90 Å². The van der Waals surface area contributed by atoms with Crippen molar-refractivity contribution < 1.29 is 19.1 Å². The van der Waals surface area contributed by atoms with Gasteiger partial charge in [0.2, 0.25) is 5.89 Å². The van der Waals surface area contributed by atoms with Crippen LogP contribution in [0.15, 0.2) is 76.4 Å². The number of carbonyl (C=O) groups is 1. The summed E-state index contributed by atoms with van der Waals surface area (Å²) in [7, 11) is 1.15. The lowest BCUT2D eigenvalue weighted by Gasteiger charge is -2.30. The highest BCUT2D eigenvalue weighted by atomic mass is 16.5. The Bertz CT molecular complexity index is 984. The average Bonchev–Trinajstić information content (AvgIpc) is 3.20. The van der Waals surface area contributed by atoms with Crippen molar-refractivity contribution in [3.8, 4) is 11.5 Å². The maximum absolute atomic E-state index is 12.5. The van der Waals surface area contributed by atoms with Crippen molar-refractivity contribution in [2.24, 2.45) is 5.11 Å². The largest absolute Gasteiger partial charge is 0.467 e. The first-order valence-electron chi connectivity index (χ1n) is 8.48. The number of aromatic nitrogens is 1. The molecule has 0 spiro atoms. The number of esters is 1. The number of benzene rings is 2. The van der Waals surface area contributed by atoms with Crippen LogP contribution in [0.1, 0.15) is 17.4 Å².